The highest BCUT2D eigenvalue weighted by molar-refractivity contribution is 7.80. The zero-order chi connectivity index (χ0) is 11.8. The van der Waals surface area contributed by atoms with Gasteiger partial charge in [-0.3, -0.25) is 0 Å². The number of hydrogen-bond acceptors (Lipinski definition) is 2. The van der Waals surface area contributed by atoms with Crippen molar-refractivity contribution in [3.05, 3.63) is 29.6 Å². The quantitative estimate of drug-likeness (QED) is 0.795. The van der Waals surface area contributed by atoms with Crippen LogP contribution in [0.4, 0.5) is 10.1 Å². The van der Waals surface area contributed by atoms with Crippen molar-refractivity contribution in [3.8, 4) is 0 Å². The second-order valence-corrected chi connectivity index (χ2v) is 5.03. The van der Waals surface area contributed by atoms with E-state index in [4.69, 9.17) is 18.0 Å². The van der Waals surface area contributed by atoms with Gasteiger partial charge in [-0.2, -0.15) is 0 Å². The Kier molecular flexibility index (Phi) is 2.84. The molecule has 2 nitrogen and oxygen atoms in total. The number of rotatable bonds is 3. The smallest absolute Gasteiger partial charge is 0.124 e. The Bertz CT molecular complexity index is 427. The van der Waals surface area contributed by atoms with Crippen molar-refractivity contribution in [2.24, 2.45) is 5.73 Å². The van der Waals surface area contributed by atoms with Gasteiger partial charge in [0.15, 0.2) is 0 Å². The number of halogens is 1. The molecule has 1 fully saturated rings. The highest BCUT2D eigenvalue weighted by atomic mass is 32.1. The topological polar surface area (TPSA) is 38.0 Å². The summed E-state index contributed by atoms with van der Waals surface area (Å²) in [5.74, 6) is -0.313. The number of thiocarbonyl (C=S) groups is 1. The summed E-state index contributed by atoms with van der Waals surface area (Å²) < 4.78 is 13.1. The molecule has 0 radical (unpaired) electrons. The normalized spacial score (nSPS) is 17.6. The lowest BCUT2D eigenvalue weighted by atomic mass is 9.78. The number of nitrogens with two attached hydrogens (primary N) is 1. The van der Waals surface area contributed by atoms with Crippen molar-refractivity contribution in [1.29, 1.82) is 0 Å². The lowest BCUT2D eigenvalue weighted by Crippen LogP contribution is -2.42. The maximum atomic E-state index is 13.1. The van der Waals surface area contributed by atoms with Gasteiger partial charge in [0.2, 0.25) is 0 Å². The summed E-state index contributed by atoms with van der Waals surface area (Å²) in [7, 11) is 0. The van der Waals surface area contributed by atoms with Gasteiger partial charge in [-0.15, -0.1) is 0 Å². The van der Waals surface area contributed by atoms with E-state index in [1.165, 1.54) is 18.6 Å². The van der Waals surface area contributed by atoms with Crippen molar-refractivity contribution < 1.29 is 4.39 Å². The Balaban J connectivity index is 2.29. The van der Waals surface area contributed by atoms with Crippen LogP contribution in [0, 0.1) is 5.82 Å². The van der Waals surface area contributed by atoms with Gasteiger partial charge in [0.25, 0.3) is 0 Å². The van der Waals surface area contributed by atoms with E-state index in [2.05, 4.69) is 12.2 Å². The first-order valence-corrected chi connectivity index (χ1v) is 5.79. The van der Waals surface area contributed by atoms with E-state index in [1.54, 1.807) is 6.07 Å². The van der Waals surface area contributed by atoms with Gasteiger partial charge in [0, 0.05) is 16.8 Å². The molecule has 1 aromatic rings. The Morgan fingerprint density at radius 3 is 2.69 bits per heavy atom. The van der Waals surface area contributed by atoms with E-state index in [-0.39, 0.29) is 16.3 Å². The predicted octanol–water partition coefficient (Wildman–Crippen LogP) is 2.81. The molecule has 86 valence electrons. The van der Waals surface area contributed by atoms with Crippen LogP contribution >= 0.6 is 12.2 Å². The second-order valence-electron chi connectivity index (χ2n) is 4.59. The third-order valence-corrected chi connectivity index (χ3v) is 3.36. The van der Waals surface area contributed by atoms with Gasteiger partial charge in [0.1, 0.15) is 10.8 Å². The maximum absolute atomic E-state index is 13.1. The SMILES string of the molecule is CC1(Nc2ccc(F)cc2C(N)=S)CCC1. The van der Waals surface area contributed by atoms with Crippen LogP contribution in [0.25, 0.3) is 0 Å². The minimum Gasteiger partial charge on any atom is -0.389 e. The molecule has 3 N–H and O–H groups in total. The van der Waals surface area contributed by atoms with E-state index in [0.29, 0.717) is 5.56 Å². The Labute approximate surface area is 100 Å². The molecule has 0 aromatic heterocycles. The molecule has 1 saturated carbocycles. The molecule has 0 aliphatic heterocycles. The average molecular weight is 238 g/mol. The number of nitrogens with one attached hydrogen (secondary N) is 1. The summed E-state index contributed by atoms with van der Waals surface area (Å²) in [6.45, 7) is 2.16. The molecular formula is C12H15FN2S. The largest absolute Gasteiger partial charge is 0.389 e. The first-order chi connectivity index (χ1) is 7.50. The molecule has 0 saturated heterocycles. The van der Waals surface area contributed by atoms with Crippen molar-refractivity contribution in [2.75, 3.05) is 5.32 Å². The first kappa shape index (κ1) is 11.3. The highest BCUT2D eigenvalue weighted by Gasteiger charge is 2.32. The van der Waals surface area contributed by atoms with Crippen molar-refractivity contribution in [1.82, 2.24) is 0 Å². The van der Waals surface area contributed by atoms with Gasteiger partial charge in [-0.05, 0) is 44.4 Å². The van der Waals surface area contributed by atoms with Gasteiger partial charge in [-0.25, -0.2) is 4.39 Å². The molecule has 0 heterocycles. The molecule has 0 unspecified atom stereocenters. The summed E-state index contributed by atoms with van der Waals surface area (Å²) in [5, 5.41) is 3.40. The third kappa shape index (κ3) is 2.16. The minimum absolute atomic E-state index is 0.108. The van der Waals surface area contributed by atoms with E-state index < -0.39 is 0 Å². The van der Waals surface area contributed by atoms with Crippen LogP contribution in [-0.2, 0) is 0 Å². The summed E-state index contributed by atoms with van der Waals surface area (Å²) in [4.78, 5) is 0.227. The van der Waals surface area contributed by atoms with Crippen LogP contribution in [0.2, 0.25) is 0 Å². The van der Waals surface area contributed by atoms with Crippen LogP contribution in [0.15, 0.2) is 18.2 Å². The van der Waals surface area contributed by atoms with Crippen molar-refractivity contribution in [3.63, 3.8) is 0 Å². The second kappa shape index (κ2) is 4.01. The highest BCUT2D eigenvalue weighted by Crippen LogP contribution is 2.35. The molecule has 0 spiro atoms. The summed E-state index contributed by atoms with van der Waals surface area (Å²) in [6, 6.07) is 4.51. The van der Waals surface area contributed by atoms with Crippen LogP contribution in [-0.4, -0.2) is 10.5 Å². The van der Waals surface area contributed by atoms with E-state index in [1.807, 2.05) is 0 Å². The van der Waals surface area contributed by atoms with Crippen molar-refractivity contribution >= 4 is 22.9 Å². The fraction of sp³-hybridized carbons (Fsp3) is 0.417. The summed E-state index contributed by atoms with van der Waals surface area (Å²) in [5.41, 5.74) is 7.11. The van der Waals surface area contributed by atoms with Crippen LogP contribution in [0.5, 0.6) is 0 Å². The van der Waals surface area contributed by atoms with E-state index >= 15 is 0 Å². The predicted molar refractivity (Wildman–Crippen MR) is 68.2 cm³/mol. The monoisotopic (exact) mass is 238 g/mol. The summed E-state index contributed by atoms with van der Waals surface area (Å²) in [6.07, 6.45) is 3.48. The lowest BCUT2D eigenvalue weighted by molar-refractivity contribution is 0.306. The fourth-order valence-electron chi connectivity index (χ4n) is 1.99. The minimum atomic E-state index is -0.313. The molecule has 4 heteroatoms. The molecule has 2 rings (SSSR count). The van der Waals surface area contributed by atoms with Gasteiger partial charge >= 0.3 is 0 Å². The van der Waals surface area contributed by atoms with Gasteiger partial charge in [-0.1, -0.05) is 12.2 Å². The molecule has 0 atom stereocenters. The zero-order valence-corrected chi connectivity index (χ0v) is 10.0. The molecule has 16 heavy (non-hydrogen) atoms. The molecule has 1 aliphatic rings. The zero-order valence-electron chi connectivity index (χ0n) is 9.22. The molecule has 1 aromatic carbocycles. The first-order valence-electron chi connectivity index (χ1n) is 5.38. The standard InChI is InChI=1S/C12H15FN2S/c1-12(5-2-6-12)15-10-4-3-8(13)7-9(10)11(14)16/h3-4,7,15H,2,5-6H2,1H3,(H2,14,16). The maximum Gasteiger partial charge on any atom is 0.124 e. The van der Waals surface area contributed by atoms with E-state index in [9.17, 15) is 4.39 Å². The van der Waals surface area contributed by atoms with Gasteiger partial charge < -0.3 is 11.1 Å². The van der Waals surface area contributed by atoms with Crippen LogP contribution < -0.4 is 11.1 Å². The molecular weight excluding hydrogens is 223 g/mol. The molecule has 1 aliphatic carbocycles. The molecule has 0 bridgehead atoms. The number of anilines is 1. The van der Waals surface area contributed by atoms with Crippen LogP contribution in [0.1, 0.15) is 31.7 Å². The Hall–Kier alpha value is -1.16. The van der Waals surface area contributed by atoms with E-state index in [0.717, 1.165) is 18.5 Å². The number of benzene rings is 1. The number of hydrogen-bond donors (Lipinski definition) is 2. The summed E-state index contributed by atoms with van der Waals surface area (Å²) >= 11 is 4.92. The Morgan fingerprint density at radius 1 is 1.50 bits per heavy atom. The van der Waals surface area contributed by atoms with Gasteiger partial charge in [0.05, 0.1) is 0 Å². The fourth-order valence-corrected chi connectivity index (χ4v) is 2.16. The third-order valence-electron chi connectivity index (χ3n) is 3.14. The molecule has 0 amide bonds. The average Bonchev–Trinajstić information content (AvgIpc) is 2.18. The van der Waals surface area contributed by atoms with Crippen molar-refractivity contribution in [2.45, 2.75) is 31.7 Å². The lowest BCUT2D eigenvalue weighted by Gasteiger charge is -2.40. The van der Waals surface area contributed by atoms with Crippen LogP contribution in [0.3, 0.4) is 0 Å². The Morgan fingerprint density at radius 2 is 2.19 bits per heavy atom.